The number of aromatic nitrogens is 1. The number of imide groups is 1. The van der Waals surface area contributed by atoms with E-state index in [0.717, 1.165) is 60.6 Å². The van der Waals surface area contributed by atoms with Gasteiger partial charge in [-0.3, -0.25) is 29.1 Å². The molecule has 0 N–H and O–H groups in total. The SMILES string of the molecule is Cc1ccc(C)c2sc(N(CCCN3CCOCC3)C(=O)c3cccc(N4C(=O)CCC4=O)c3)nc12. The van der Waals surface area contributed by atoms with E-state index in [1.165, 1.54) is 16.2 Å². The average molecular weight is 507 g/mol. The number of thiazole rings is 1. The Morgan fingerprint density at radius 2 is 1.78 bits per heavy atom. The molecule has 2 aromatic carbocycles. The van der Waals surface area contributed by atoms with Crippen molar-refractivity contribution in [1.29, 1.82) is 0 Å². The molecule has 0 bridgehead atoms. The summed E-state index contributed by atoms with van der Waals surface area (Å²) in [5, 5.41) is 0.660. The first-order chi connectivity index (χ1) is 17.4. The zero-order valence-electron chi connectivity index (χ0n) is 20.7. The molecule has 0 saturated carbocycles. The first kappa shape index (κ1) is 24.5. The maximum absolute atomic E-state index is 13.9. The van der Waals surface area contributed by atoms with E-state index in [0.29, 0.717) is 22.9 Å². The van der Waals surface area contributed by atoms with Crippen molar-refractivity contribution < 1.29 is 19.1 Å². The number of hydrogen-bond donors (Lipinski definition) is 0. The molecule has 2 saturated heterocycles. The molecule has 3 aromatic rings. The zero-order valence-corrected chi connectivity index (χ0v) is 21.5. The van der Waals surface area contributed by atoms with Gasteiger partial charge in [-0.2, -0.15) is 0 Å². The highest BCUT2D eigenvalue weighted by atomic mass is 32.1. The lowest BCUT2D eigenvalue weighted by Crippen LogP contribution is -2.39. The molecule has 36 heavy (non-hydrogen) atoms. The molecule has 0 spiro atoms. The van der Waals surface area contributed by atoms with Crippen LogP contribution in [0.4, 0.5) is 10.8 Å². The molecule has 0 atom stereocenters. The molecule has 2 fully saturated rings. The number of anilines is 2. The van der Waals surface area contributed by atoms with Crippen molar-refractivity contribution in [1.82, 2.24) is 9.88 Å². The Kier molecular flexibility index (Phi) is 7.13. The molecular weight excluding hydrogens is 476 g/mol. The molecule has 5 rings (SSSR count). The van der Waals surface area contributed by atoms with Gasteiger partial charge < -0.3 is 4.74 Å². The molecule has 1 aromatic heterocycles. The van der Waals surface area contributed by atoms with Crippen LogP contribution in [-0.4, -0.2) is 67.0 Å². The molecule has 0 unspecified atom stereocenters. The highest BCUT2D eigenvalue weighted by molar-refractivity contribution is 7.22. The summed E-state index contributed by atoms with van der Waals surface area (Å²) in [5.74, 6) is -0.652. The maximum Gasteiger partial charge on any atom is 0.260 e. The van der Waals surface area contributed by atoms with Gasteiger partial charge in [-0.15, -0.1) is 0 Å². The van der Waals surface area contributed by atoms with Crippen LogP contribution in [0, 0.1) is 13.8 Å². The molecular formula is C27H30N4O4S. The minimum absolute atomic E-state index is 0.188. The Labute approximate surface area is 214 Å². The number of rotatable bonds is 7. The Hall–Kier alpha value is -3.14. The Morgan fingerprint density at radius 1 is 1.06 bits per heavy atom. The predicted octanol–water partition coefficient (Wildman–Crippen LogP) is 3.94. The lowest BCUT2D eigenvalue weighted by molar-refractivity contribution is -0.121. The van der Waals surface area contributed by atoms with Gasteiger partial charge in [-0.05, 0) is 49.6 Å². The van der Waals surface area contributed by atoms with E-state index in [1.54, 1.807) is 29.2 Å². The van der Waals surface area contributed by atoms with E-state index >= 15 is 0 Å². The smallest absolute Gasteiger partial charge is 0.260 e. The highest BCUT2D eigenvalue weighted by Crippen LogP contribution is 2.34. The summed E-state index contributed by atoms with van der Waals surface area (Å²) < 4.78 is 6.53. The van der Waals surface area contributed by atoms with Gasteiger partial charge in [-0.1, -0.05) is 29.5 Å². The van der Waals surface area contributed by atoms with E-state index < -0.39 is 0 Å². The predicted molar refractivity (Wildman–Crippen MR) is 141 cm³/mol. The fourth-order valence-electron chi connectivity index (χ4n) is 4.72. The fraction of sp³-hybridized carbons (Fsp3) is 0.407. The van der Waals surface area contributed by atoms with E-state index in [1.807, 2.05) is 6.92 Å². The largest absolute Gasteiger partial charge is 0.379 e. The Bertz CT molecular complexity index is 1260. The second kappa shape index (κ2) is 10.5. The average Bonchev–Trinajstić information content (AvgIpc) is 3.48. The lowest BCUT2D eigenvalue weighted by Gasteiger charge is -2.28. The van der Waals surface area contributed by atoms with Crippen molar-refractivity contribution in [2.24, 2.45) is 0 Å². The molecule has 0 aliphatic carbocycles. The first-order valence-corrected chi connectivity index (χ1v) is 13.2. The minimum Gasteiger partial charge on any atom is -0.379 e. The summed E-state index contributed by atoms with van der Waals surface area (Å²) in [4.78, 5) is 48.6. The van der Waals surface area contributed by atoms with Crippen molar-refractivity contribution in [3.05, 3.63) is 53.1 Å². The molecule has 3 amide bonds. The fourth-order valence-corrected chi connectivity index (χ4v) is 5.86. The van der Waals surface area contributed by atoms with Crippen LogP contribution in [0.15, 0.2) is 36.4 Å². The van der Waals surface area contributed by atoms with Gasteiger partial charge >= 0.3 is 0 Å². The second-order valence-electron chi connectivity index (χ2n) is 9.31. The van der Waals surface area contributed by atoms with Gasteiger partial charge in [0.1, 0.15) is 0 Å². The number of carbonyl (C=O) groups is 3. The summed E-state index contributed by atoms with van der Waals surface area (Å²) in [7, 11) is 0. The molecule has 3 heterocycles. The van der Waals surface area contributed by atoms with Crippen molar-refractivity contribution >= 4 is 50.1 Å². The van der Waals surface area contributed by atoms with Crippen LogP contribution >= 0.6 is 11.3 Å². The van der Waals surface area contributed by atoms with Crippen LogP contribution in [0.25, 0.3) is 10.2 Å². The van der Waals surface area contributed by atoms with Gasteiger partial charge in [-0.25, -0.2) is 4.98 Å². The monoisotopic (exact) mass is 506 g/mol. The summed E-state index contributed by atoms with van der Waals surface area (Å²) in [6.45, 7) is 8.73. The van der Waals surface area contributed by atoms with Gasteiger partial charge in [0.05, 0.1) is 29.1 Å². The summed E-state index contributed by atoms with van der Waals surface area (Å²) in [6, 6.07) is 10.9. The summed E-state index contributed by atoms with van der Waals surface area (Å²) in [5.41, 5.74) is 4.00. The van der Waals surface area contributed by atoms with Crippen LogP contribution in [0.1, 0.15) is 40.7 Å². The molecule has 2 aliphatic rings. The van der Waals surface area contributed by atoms with Gasteiger partial charge in [0.2, 0.25) is 11.8 Å². The van der Waals surface area contributed by atoms with Gasteiger partial charge in [0.15, 0.2) is 5.13 Å². The van der Waals surface area contributed by atoms with Crippen molar-refractivity contribution in [3.8, 4) is 0 Å². The number of benzene rings is 2. The third-order valence-corrected chi connectivity index (χ3v) is 7.98. The quantitative estimate of drug-likeness (QED) is 0.452. The Morgan fingerprint density at radius 3 is 2.50 bits per heavy atom. The van der Waals surface area contributed by atoms with E-state index in [2.05, 4.69) is 24.0 Å². The normalized spacial score (nSPS) is 16.8. The van der Waals surface area contributed by atoms with Crippen LogP contribution in [0.3, 0.4) is 0 Å². The van der Waals surface area contributed by atoms with E-state index in [-0.39, 0.29) is 30.6 Å². The second-order valence-corrected chi connectivity index (χ2v) is 10.3. The zero-order chi connectivity index (χ0) is 25.2. The molecule has 8 nitrogen and oxygen atoms in total. The summed E-state index contributed by atoms with van der Waals surface area (Å²) in [6.07, 6.45) is 1.20. The van der Waals surface area contributed by atoms with Crippen LogP contribution < -0.4 is 9.80 Å². The maximum atomic E-state index is 13.9. The summed E-state index contributed by atoms with van der Waals surface area (Å²) >= 11 is 1.53. The number of morpholine rings is 1. The number of aryl methyl sites for hydroxylation is 2. The van der Waals surface area contributed by atoms with Gasteiger partial charge in [0, 0.05) is 44.6 Å². The van der Waals surface area contributed by atoms with Crippen LogP contribution in [-0.2, 0) is 14.3 Å². The topological polar surface area (TPSA) is 83.0 Å². The number of amides is 3. The van der Waals surface area contributed by atoms with Crippen LogP contribution in [0.2, 0.25) is 0 Å². The number of carbonyl (C=O) groups excluding carboxylic acids is 3. The Balaban J connectivity index is 1.45. The van der Waals surface area contributed by atoms with Crippen molar-refractivity contribution in [2.75, 3.05) is 49.2 Å². The highest BCUT2D eigenvalue weighted by Gasteiger charge is 2.31. The van der Waals surface area contributed by atoms with E-state index in [4.69, 9.17) is 9.72 Å². The number of hydrogen-bond acceptors (Lipinski definition) is 7. The third kappa shape index (κ3) is 4.91. The molecule has 2 aliphatic heterocycles. The number of fused-ring (bicyclic) bond motifs is 1. The van der Waals surface area contributed by atoms with Crippen molar-refractivity contribution in [2.45, 2.75) is 33.1 Å². The van der Waals surface area contributed by atoms with Crippen LogP contribution in [0.5, 0.6) is 0 Å². The van der Waals surface area contributed by atoms with Crippen molar-refractivity contribution in [3.63, 3.8) is 0 Å². The number of ether oxygens (including phenoxy) is 1. The first-order valence-electron chi connectivity index (χ1n) is 12.4. The molecule has 9 heteroatoms. The molecule has 188 valence electrons. The minimum atomic E-state index is -0.232. The van der Waals surface area contributed by atoms with E-state index in [9.17, 15) is 14.4 Å². The lowest BCUT2D eigenvalue weighted by atomic mass is 10.1. The number of nitrogens with zero attached hydrogens (tertiary/aromatic N) is 4. The van der Waals surface area contributed by atoms with Gasteiger partial charge in [0.25, 0.3) is 5.91 Å². The standard InChI is InChI=1S/C27H30N4O4S/c1-18-7-8-19(2)25-24(18)28-27(36-25)30(12-4-11-29-13-15-35-16-14-29)26(34)20-5-3-6-21(17-20)31-22(32)9-10-23(31)33/h3,5-8,17H,4,9-16H2,1-2H3. The molecule has 0 radical (unpaired) electrons. The third-order valence-electron chi connectivity index (χ3n) is 6.77.